The smallest absolute Gasteiger partial charge is 0.339 e. The maximum atomic E-state index is 12.4. The topological polar surface area (TPSA) is 63.7 Å². The van der Waals surface area contributed by atoms with Crippen LogP contribution in [0.25, 0.3) is 0 Å². The monoisotopic (exact) mass is 411 g/mol. The number of halogens is 1. The number of hydrogen-bond acceptors (Lipinski definition) is 4. The minimum atomic E-state index is -3.63. The molecule has 0 aliphatic rings. The van der Waals surface area contributed by atoms with E-state index in [4.69, 9.17) is 4.74 Å². The number of benzene rings is 2. The van der Waals surface area contributed by atoms with Crippen molar-refractivity contribution in [3.63, 3.8) is 0 Å². The van der Waals surface area contributed by atoms with Crippen molar-refractivity contribution in [2.45, 2.75) is 17.9 Å². The van der Waals surface area contributed by atoms with Gasteiger partial charge in [0.2, 0.25) is 10.0 Å². The minimum Gasteiger partial charge on any atom is -0.454 e. The molecule has 0 aliphatic heterocycles. The van der Waals surface area contributed by atoms with Crippen molar-refractivity contribution in [3.05, 3.63) is 64.1 Å². The van der Waals surface area contributed by atoms with Crippen molar-refractivity contribution in [2.24, 2.45) is 0 Å². The summed E-state index contributed by atoms with van der Waals surface area (Å²) in [5.74, 6) is -0.589. The third kappa shape index (κ3) is 4.03. The van der Waals surface area contributed by atoms with Gasteiger partial charge in [0.15, 0.2) is 0 Å². The summed E-state index contributed by atoms with van der Waals surface area (Å²) in [7, 11) is -0.751. The van der Waals surface area contributed by atoms with E-state index in [9.17, 15) is 13.2 Å². The molecule has 0 heterocycles. The van der Waals surface area contributed by atoms with E-state index in [1.165, 1.54) is 32.3 Å². The average molecular weight is 412 g/mol. The molecular weight excluding hydrogens is 394 g/mol. The number of nitrogens with zero attached hydrogens (tertiary/aromatic N) is 1. The highest BCUT2D eigenvalue weighted by Crippen LogP contribution is 2.25. The van der Waals surface area contributed by atoms with Crippen LogP contribution >= 0.6 is 15.9 Å². The highest BCUT2D eigenvalue weighted by molar-refractivity contribution is 9.10. The molecule has 0 saturated carbocycles. The molecule has 5 nitrogen and oxygen atoms in total. The number of ether oxygens (including phenoxy) is 1. The van der Waals surface area contributed by atoms with Crippen molar-refractivity contribution in [1.29, 1.82) is 0 Å². The van der Waals surface area contributed by atoms with Gasteiger partial charge in [-0.05, 0) is 46.6 Å². The zero-order valence-corrected chi connectivity index (χ0v) is 16.0. The van der Waals surface area contributed by atoms with Crippen LogP contribution in [-0.4, -0.2) is 32.8 Å². The van der Waals surface area contributed by atoms with Gasteiger partial charge in [0.05, 0.1) is 10.5 Å². The SMILES string of the molecule is C[C@H](OC(=O)c1cc(S(=O)(=O)N(C)C)ccc1Br)c1ccccc1. The Kier molecular flexibility index (Phi) is 5.79. The maximum absolute atomic E-state index is 12.4. The molecule has 0 radical (unpaired) electrons. The lowest BCUT2D eigenvalue weighted by Gasteiger charge is -2.16. The number of esters is 1. The maximum Gasteiger partial charge on any atom is 0.339 e. The highest BCUT2D eigenvalue weighted by atomic mass is 79.9. The number of rotatable bonds is 5. The van der Waals surface area contributed by atoms with Crippen LogP contribution in [0, 0.1) is 0 Å². The summed E-state index contributed by atoms with van der Waals surface area (Å²) in [5.41, 5.74) is 1.03. The summed E-state index contributed by atoms with van der Waals surface area (Å²) in [5, 5.41) is 0. The first-order valence-electron chi connectivity index (χ1n) is 7.21. The van der Waals surface area contributed by atoms with Gasteiger partial charge in [-0.3, -0.25) is 0 Å². The van der Waals surface area contributed by atoms with Crippen LogP contribution in [0.1, 0.15) is 28.9 Å². The normalized spacial score (nSPS) is 12.9. The Labute approximate surface area is 150 Å². The zero-order valence-electron chi connectivity index (χ0n) is 13.6. The van der Waals surface area contributed by atoms with Crippen LogP contribution in [0.15, 0.2) is 57.9 Å². The van der Waals surface area contributed by atoms with Gasteiger partial charge in [-0.15, -0.1) is 0 Å². The van der Waals surface area contributed by atoms with Gasteiger partial charge in [-0.2, -0.15) is 0 Å². The molecule has 0 fully saturated rings. The van der Waals surface area contributed by atoms with Crippen LogP contribution in [0.4, 0.5) is 0 Å². The molecule has 0 bridgehead atoms. The van der Waals surface area contributed by atoms with E-state index in [0.29, 0.717) is 4.47 Å². The molecule has 0 amide bonds. The fourth-order valence-corrected chi connectivity index (χ4v) is 3.39. The summed E-state index contributed by atoms with van der Waals surface area (Å²) < 4.78 is 31.5. The van der Waals surface area contributed by atoms with Crippen LogP contribution < -0.4 is 0 Å². The quantitative estimate of drug-likeness (QED) is 0.704. The standard InChI is InChI=1S/C17H18BrNO4S/c1-12(13-7-5-4-6-8-13)23-17(20)15-11-14(9-10-16(15)18)24(21,22)19(2)3/h4-12H,1-3H3/t12-/m0/s1. The van der Waals surface area contributed by atoms with Crippen LogP contribution in [0.5, 0.6) is 0 Å². The fourth-order valence-electron chi connectivity index (χ4n) is 2.05. The number of hydrogen-bond donors (Lipinski definition) is 0. The molecule has 2 aromatic carbocycles. The van der Waals surface area contributed by atoms with Crippen LogP contribution in [0.3, 0.4) is 0 Å². The second-order valence-corrected chi connectivity index (χ2v) is 8.39. The number of sulfonamides is 1. The molecule has 128 valence electrons. The van der Waals surface area contributed by atoms with Gasteiger partial charge in [0.1, 0.15) is 6.10 Å². The van der Waals surface area contributed by atoms with E-state index < -0.39 is 22.1 Å². The Morgan fingerprint density at radius 3 is 2.33 bits per heavy atom. The van der Waals surface area contributed by atoms with E-state index >= 15 is 0 Å². The Hall–Kier alpha value is -1.70. The van der Waals surface area contributed by atoms with E-state index in [1.807, 2.05) is 30.3 Å². The van der Waals surface area contributed by atoms with Crippen LogP contribution in [-0.2, 0) is 14.8 Å². The first-order valence-corrected chi connectivity index (χ1v) is 9.45. The number of carbonyl (C=O) groups is 1. The third-order valence-electron chi connectivity index (χ3n) is 3.49. The molecule has 7 heteroatoms. The van der Waals surface area contributed by atoms with Crippen molar-refractivity contribution in [3.8, 4) is 0 Å². The van der Waals surface area contributed by atoms with Crippen molar-refractivity contribution >= 4 is 31.9 Å². The number of carbonyl (C=O) groups excluding carboxylic acids is 1. The van der Waals surface area contributed by atoms with Gasteiger partial charge in [-0.25, -0.2) is 17.5 Å². The van der Waals surface area contributed by atoms with Gasteiger partial charge < -0.3 is 4.74 Å². The third-order valence-corrected chi connectivity index (χ3v) is 5.99. The molecule has 0 saturated heterocycles. The summed E-state index contributed by atoms with van der Waals surface area (Å²) in [6.07, 6.45) is -0.445. The Morgan fingerprint density at radius 1 is 1.12 bits per heavy atom. The predicted octanol–water partition coefficient (Wildman–Crippen LogP) is 3.62. The van der Waals surface area contributed by atoms with Crippen molar-refractivity contribution in [1.82, 2.24) is 4.31 Å². The molecule has 24 heavy (non-hydrogen) atoms. The molecule has 0 aliphatic carbocycles. The molecule has 0 spiro atoms. The zero-order chi connectivity index (χ0) is 17.9. The molecule has 2 rings (SSSR count). The molecule has 2 aromatic rings. The second kappa shape index (κ2) is 7.46. The van der Waals surface area contributed by atoms with Gasteiger partial charge in [0.25, 0.3) is 0 Å². The van der Waals surface area contributed by atoms with Gasteiger partial charge >= 0.3 is 5.97 Å². The van der Waals surface area contributed by atoms with E-state index in [0.717, 1.165) is 9.87 Å². The molecular formula is C17H18BrNO4S. The van der Waals surface area contributed by atoms with Crippen molar-refractivity contribution in [2.75, 3.05) is 14.1 Å². The summed E-state index contributed by atoms with van der Waals surface area (Å²) in [4.78, 5) is 12.5. The minimum absolute atomic E-state index is 0.0371. The molecule has 0 aromatic heterocycles. The lowest BCUT2D eigenvalue weighted by molar-refractivity contribution is 0.0336. The fraction of sp³-hybridized carbons (Fsp3) is 0.235. The molecule has 0 unspecified atom stereocenters. The first kappa shape index (κ1) is 18.6. The van der Waals surface area contributed by atoms with E-state index in [-0.39, 0.29) is 10.5 Å². The second-order valence-electron chi connectivity index (χ2n) is 5.39. The van der Waals surface area contributed by atoms with Crippen LogP contribution in [0.2, 0.25) is 0 Å². The lowest BCUT2D eigenvalue weighted by atomic mass is 10.1. The lowest BCUT2D eigenvalue weighted by Crippen LogP contribution is -2.22. The Balaban J connectivity index is 2.30. The Bertz CT molecular complexity index is 835. The summed E-state index contributed by atoms with van der Waals surface area (Å²) >= 11 is 3.27. The first-order chi connectivity index (χ1) is 11.2. The highest BCUT2D eigenvalue weighted by Gasteiger charge is 2.22. The van der Waals surface area contributed by atoms with Crippen molar-refractivity contribution < 1.29 is 17.9 Å². The largest absolute Gasteiger partial charge is 0.454 e. The van der Waals surface area contributed by atoms with E-state index in [2.05, 4.69) is 15.9 Å². The van der Waals surface area contributed by atoms with Gasteiger partial charge in [-0.1, -0.05) is 30.3 Å². The van der Waals surface area contributed by atoms with E-state index in [1.54, 1.807) is 6.92 Å². The molecule has 0 N–H and O–H groups in total. The average Bonchev–Trinajstić information content (AvgIpc) is 2.55. The predicted molar refractivity (Wildman–Crippen MR) is 95.3 cm³/mol. The van der Waals surface area contributed by atoms with Gasteiger partial charge in [0, 0.05) is 18.6 Å². The molecule has 1 atom stereocenters. The summed E-state index contributed by atoms with van der Waals surface area (Å²) in [6, 6.07) is 13.6. The summed E-state index contributed by atoms with van der Waals surface area (Å²) in [6.45, 7) is 1.77. The Morgan fingerprint density at radius 2 is 1.75 bits per heavy atom.